The van der Waals surface area contributed by atoms with Gasteiger partial charge in [0.1, 0.15) is 36.0 Å². The van der Waals surface area contributed by atoms with Crippen molar-refractivity contribution in [2.75, 3.05) is 0 Å². The Bertz CT molecular complexity index is 1150. The summed E-state index contributed by atoms with van der Waals surface area (Å²) in [5, 5.41) is 24.2. The second-order valence-electron chi connectivity index (χ2n) is 7.21. The van der Waals surface area contributed by atoms with E-state index in [1.165, 1.54) is 6.33 Å². The summed E-state index contributed by atoms with van der Waals surface area (Å²) < 4.78 is 8.05. The van der Waals surface area contributed by atoms with E-state index in [1.807, 2.05) is 48.0 Å². The number of aromatic nitrogens is 4. The lowest BCUT2D eigenvalue weighted by atomic mass is 10.1. The normalized spacial score (nSPS) is 24.8. The predicted molar refractivity (Wildman–Crippen MR) is 104 cm³/mol. The van der Waals surface area contributed by atoms with E-state index >= 15 is 0 Å². The molecule has 4 atom stereocenters. The molecule has 1 saturated carbocycles. The third-order valence-electron chi connectivity index (χ3n) is 5.59. The SMILES string of the molecule is Cc1ncnc2c1ccn2C1CC(Oc2cccc3ccncc23)[C@@H](O)[C@H]1O. The predicted octanol–water partition coefficient (Wildman–Crippen LogP) is 2.40. The fraction of sp³-hybridized carbons (Fsp3) is 0.286. The fourth-order valence-electron chi connectivity index (χ4n) is 4.08. The first-order valence-corrected chi connectivity index (χ1v) is 9.27. The molecule has 2 unspecified atom stereocenters. The number of hydrogen-bond acceptors (Lipinski definition) is 6. The van der Waals surface area contributed by atoms with Gasteiger partial charge in [0.25, 0.3) is 0 Å². The summed E-state index contributed by atoms with van der Waals surface area (Å²) in [6.45, 7) is 1.93. The molecule has 1 fully saturated rings. The standard InChI is InChI=1S/C21H20N4O3/c1-12-14-6-8-25(21(14)24-11-23-12)16-9-18(20(27)19(16)26)28-17-4-2-3-13-5-7-22-10-15(13)17/h2-8,10-11,16,18-20,26-27H,9H2,1H3/t16?,18?,19-,20+/m0/s1. The van der Waals surface area contributed by atoms with Gasteiger partial charge in [0.2, 0.25) is 0 Å². The van der Waals surface area contributed by atoms with Crippen molar-refractivity contribution in [3.8, 4) is 5.75 Å². The van der Waals surface area contributed by atoms with Crippen LogP contribution in [0.15, 0.2) is 55.2 Å². The molecule has 28 heavy (non-hydrogen) atoms. The van der Waals surface area contributed by atoms with Gasteiger partial charge < -0.3 is 19.5 Å². The quantitative estimate of drug-likeness (QED) is 0.570. The van der Waals surface area contributed by atoms with E-state index in [9.17, 15) is 10.2 Å². The number of aliphatic hydroxyl groups is 2. The molecule has 5 rings (SSSR count). The molecule has 0 spiro atoms. The molecule has 1 aliphatic rings. The Kier molecular flexibility index (Phi) is 3.99. The first kappa shape index (κ1) is 17.1. The molecule has 1 aromatic carbocycles. The maximum Gasteiger partial charge on any atom is 0.143 e. The Morgan fingerprint density at radius 1 is 1.07 bits per heavy atom. The van der Waals surface area contributed by atoms with Crippen molar-refractivity contribution in [1.29, 1.82) is 0 Å². The minimum Gasteiger partial charge on any atom is -0.487 e. The zero-order chi connectivity index (χ0) is 19.3. The molecule has 7 heteroatoms. The molecule has 2 N–H and O–H groups in total. The van der Waals surface area contributed by atoms with Crippen LogP contribution in [0.4, 0.5) is 0 Å². The Hall–Kier alpha value is -3.03. The van der Waals surface area contributed by atoms with Gasteiger partial charge >= 0.3 is 0 Å². The van der Waals surface area contributed by atoms with E-state index in [4.69, 9.17) is 4.74 Å². The maximum atomic E-state index is 10.7. The lowest BCUT2D eigenvalue weighted by Gasteiger charge is -2.19. The average molecular weight is 376 g/mol. The molecule has 0 radical (unpaired) electrons. The van der Waals surface area contributed by atoms with Crippen LogP contribution in [0.5, 0.6) is 5.75 Å². The lowest BCUT2D eigenvalue weighted by Crippen LogP contribution is -2.34. The Balaban J connectivity index is 1.47. The molecule has 0 aliphatic heterocycles. The van der Waals surface area contributed by atoms with E-state index < -0.39 is 18.3 Å². The highest BCUT2D eigenvalue weighted by molar-refractivity contribution is 5.87. The van der Waals surface area contributed by atoms with Crippen LogP contribution in [0.2, 0.25) is 0 Å². The minimum atomic E-state index is -1.00. The number of benzene rings is 1. The van der Waals surface area contributed by atoms with Gasteiger partial charge in [-0.05, 0) is 30.5 Å². The second-order valence-corrected chi connectivity index (χ2v) is 7.21. The van der Waals surface area contributed by atoms with Crippen LogP contribution in [0.1, 0.15) is 18.2 Å². The van der Waals surface area contributed by atoms with Crippen LogP contribution in [0.25, 0.3) is 21.8 Å². The lowest BCUT2D eigenvalue weighted by molar-refractivity contribution is -0.0160. The smallest absolute Gasteiger partial charge is 0.143 e. The molecular formula is C21H20N4O3. The molecule has 0 bridgehead atoms. The average Bonchev–Trinajstić information content (AvgIpc) is 3.26. The topological polar surface area (TPSA) is 93.3 Å². The van der Waals surface area contributed by atoms with Crippen LogP contribution in [-0.2, 0) is 0 Å². The van der Waals surface area contributed by atoms with Crippen LogP contribution in [0.3, 0.4) is 0 Å². The van der Waals surface area contributed by atoms with Gasteiger partial charge in [0, 0.05) is 35.8 Å². The molecule has 7 nitrogen and oxygen atoms in total. The molecule has 0 amide bonds. The zero-order valence-corrected chi connectivity index (χ0v) is 15.3. The van der Waals surface area contributed by atoms with Crippen LogP contribution < -0.4 is 4.74 Å². The summed E-state index contributed by atoms with van der Waals surface area (Å²) in [6, 6.07) is 9.28. The van der Waals surface area contributed by atoms with E-state index in [-0.39, 0.29) is 6.04 Å². The van der Waals surface area contributed by atoms with Gasteiger partial charge in [-0.1, -0.05) is 12.1 Å². The zero-order valence-electron chi connectivity index (χ0n) is 15.3. The van der Waals surface area contributed by atoms with E-state index in [0.29, 0.717) is 12.2 Å². The third kappa shape index (κ3) is 2.63. The van der Waals surface area contributed by atoms with Crippen LogP contribution in [0, 0.1) is 6.92 Å². The number of hydrogen-bond donors (Lipinski definition) is 2. The first-order chi connectivity index (χ1) is 13.6. The number of rotatable bonds is 3. The molecule has 4 aromatic rings. The van der Waals surface area contributed by atoms with Gasteiger partial charge in [0.05, 0.1) is 11.7 Å². The van der Waals surface area contributed by atoms with Gasteiger partial charge in [-0.25, -0.2) is 9.97 Å². The highest BCUT2D eigenvalue weighted by Crippen LogP contribution is 2.37. The van der Waals surface area contributed by atoms with Crippen molar-refractivity contribution in [3.63, 3.8) is 0 Å². The van der Waals surface area contributed by atoms with Crippen molar-refractivity contribution in [1.82, 2.24) is 19.5 Å². The number of aliphatic hydroxyl groups excluding tert-OH is 2. The number of ether oxygens (including phenoxy) is 1. The molecule has 3 aromatic heterocycles. The minimum absolute atomic E-state index is 0.333. The van der Waals surface area contributed by atoms with Crippen molar-refractivity contribution >= 4 is 21.8 Å². The molecule has 0 saturated heterocycles. The highest BCUT2D eigenvalue weighted by Gasteiger charge is 2.44. The van der Waals surface area contributed by atoms with Gasteiger partial charge in [-0.15, -0.1) is 0 Å². The van der Waals surface area contributed by atoms with Crippen LogP contribution >= 0.6 is 0 Å². The maximum absolute atomic E-state index is 10.7. The summed E-state index contributed by atoms with van der Waals surface area (Å²) >= 11 is 0. The summed E-state index contributed by atoms with van der Waals surface area (Å²) in [6.07, 6.45) is 4.86. The third-order valence-corrected chi connectivity index (χ3v) is 5.59. The Morgan fingerprint density at radius 2 is 1.96 bits per heavy atom. The largest absolute Gasteiger partial charge is 0.487 e. The van der Waals surface area contributed by atoms with Crippen molar-refractivity contribution in [3.05, 3.63) is 60.9 Å². The monoisotopic (exact) mass is 376 g/mol. The molecule has 1 aliphatic carbocycles. The van der Waals surface area contributed by atoms with Crippen molar-refractivity contribution < 1.29 is 14.9 Å². The Labute approximate surface area is 161 Å². The number of nitrogens with zero attached hydrogens (tertiary/aromatic N) is 4. The molecule has 142 valence electrons. The van der Waals surface area contributed by atoms with Gasteiger partial charge in [-0.3, -0.25) is 4.98 Å². The van der Waals surface area contributed by atoms with Crippen molar-refractivity contribution in [2.24, 2.45) is 0 Å². The van der Waals surface area contributed by atoms with Crippen LogP contribution in [-0.4, -0.2) is 48.0 Å². The van der Waals surface area contributed by atoms with E-state index in [0.717, 1.165) is 27.5 Å². The molecular weight excluding hydrogens is 356 g/mol. The second kappa shape index (κ2) is 6.54. The number of aryl methyl sites for hydroxylation is 1. The number of pyridine rings is 1. The highest BCUT2D eigenvalue weighted by atomic mass is 16.5. The van der Waals surface area contributed by atoms with Crippen molar-refractivity contribution in [2.45, 2.75) is 37.7 Å². The summed E-state index contributed by atoms with van der Waals surface area (Å²) in [4.78, 5) is 12.7. The fourth-order valence-corrected chi connectivity index (χ4v) is 4.08. The van der Waals surface area contributed by atoms with Gasteiger partial charge in [-0.2, -0.15) is 0 Å². The number of fused-ring (bicyclic) bond motifs is 2. The summed E-state index contributed by atoms with van der Waals surface area (Å²) in [5.41, 5.74) is 1.63. The first-order valence-electron chi connectivity index (χ1n) is 9.27. The molecule has 3 heterocycles. The van der Waals surface area contributed by atoms with E-state index in [2.05, 4.69) is 15.0 Å². The van der Waals surface area contributed by atoms with Gasteiger partial charge in [0.15, 0.2) is 0 Å². The Morgan fingerprint density at radius 3 is 2.86 bits per heavy atom. The van der Waals surface area contributed by atoms with E-state index in [1.54, 1.807) is 12.4 Å². The summed E-state index contributed by atoms with van der Waals surface area (Å²) in [5.74, 6) is 0.651. The summed E-state index contributed by atoms with van der Waals surface area (Å²) in [7, 11) is 0.